The largest absolute Gasteiger partial charge is 0.453 e. The van der Waals surface area contributed by atoms with Crippen molar-refractivity contribution < 1.29 is 37.8 Å². The highest BCUT2D eigenvalue weighted by Crippen LogP contribution is 2.58. The lowest BCUT2D eigenvalue weighted by molar-refractivity contribution is -0.141. The van der Waals surface area contributed by atoms with Gasteiger partial charge in [-0.3, -0.25) is 9.59 Å². The number of ether oxygens (including phenoxy) is 3. The number of imidazole rings is 2. The number of halogens is 1. The normalized spacial score (nSPS) is 25.2. The number of carbonyl (C=O) groups is 4. The summed E-state index contributed by atoms with van der Waals surface area (Å²) in [6.45, 7) is 7.70. The summed E-state index contributed by atoms with van der Waals surface area (Å²) in [5.41, 5.74) is 4.02. The summed E-state index contributed by atoms with van der Waals surface area (Å²) in [5.74, 6) is 1.23. The first-order valence-corrected chi connectivity index (χ1v) is 21.4. The van der Waals surface area contributed by atoms with E-state index in [1.165, 1.54) is 27.4 Å². The van der Waals surface area contributed by atoms with Gasteiger partial charge in [0, 0.05) is 30.1 Å². The fourth-order valence-corrected chi connectivity index (χ4v) is 10.5. The summed E-state index contributed by atoms with van der Waals surface area (Å²) in [6, 6.07) is 12.9. The molecule has 4 aliphatic rings. The third-order valence-electron chi connectivity index (χ3n) is 14.0. The zero-order valence-electron chi connectivity index (χ0n) is 35.9. The lowest BCUT2D eigenvalue weighted by Gasteiger charge is -2.37. The van der Waals surface area contributed by atoms with E-state index in [1.807, 2.05) is 60.0 Å². The van der Waals surface area contributed by atoms with E-state index in [1.54, 1.807) is 19.2 Å². The fraction of sp³-hybridized carbons (Fsp3) is 0.478. The van der Waals surface area contributed by atoms with Crippen LogP contribution in [0.2, 0.25) is 0 Å². The summed E-state index contributed by atoms with van der Waals surface area (Å²) < 4.78 is 31.2. The highest BCUT2D eigenvalue weighted by Gasteiger charge is 2.61. The summed E-state index contributed by atoms with van der Waals surface area (Å²) in [5, 5.41) is 7.25. The maximum Gasteiger partial charge on any atom is 0.407 e. The predicted octanol–water partition coefficient (Wildman–Crippen LogP) is 7.01. The van der Waals surface area contributed by atoms with Gasteiger partial charge in [-0.2, -0.15) is 0 Å². The number of methoxy groups -OCH3 is 3. The Kier molecular flexibility index (Phi) is 10.7. The van der Waals surface area contributed by atoms with Crippen molar-refractivity contribution >= 4 is 45.8 Å². The molecule has 0 radical (unpaired) electrons. The zero-order chi connectivity index (χ0) is 43.7. The molecule has 3 aromatic carbocycles. The average molecular weight is 849 g/mol. The van der Waals surface area contributed by atoms with Crippen molar-refractivity contribution in [1.29, 1.82) is 0 Å². The third kappa shape index (κ3) is 7.01. The van der Waals surface area contributed by atoms with Crippen LogP contribution in [0.1, 0.15) is 77.1 Å². The van der Waals surface area contributed by atoms with E-state index in [0.717, 1.165) is 53.1 Å². The molecule has 4 heterocycles. The monoisotopic (exact) mass is 848 g/mol. The molecule has 62 heavy (non-hydrogen) atoms. The van der Waals surface area contributed by atoms with E-state index in [4.69, 9.17) is 19.2 Å². The van der Waals surface area contributed by atoms with Crippen molar-refractivity contribution in [1.82, 2.24) is 40.4 Å². The molecule has 326 valence electrons. The number of amides is 4. The molecule has 2 aliphatic carbocycles. The van der Waals surface area contributed by atoms with E-state index < -0.39 is 36.2 Å². The van der Waals surface area contributed by atoms with Gasteiger partial charge >= 0.3 is 12.2 Å². The molecule has 2 bridgehead atoms. The number of hydrogen-bond acceptors (Lipinski definition) is 9. The number of alkyl carbamates (subject to hydrolysis) is 2. The van der Waals surface area contributed by atoms with Crippen LogP contribution < -0.4 is 10.6 Å². The number of carbonyl (C=O) groups excluding carboxylic acids is 4. The third-order valence-corrected chi connectivity index (χ3v) is 14.0. The van der Waals surface area contributed by atoms with Crippen LogP contribution in [-0.2, 0) is 23.8 Å². The summed E-state index contributed by atoms with van der Waals surface area (Å²) in [7, 11) is 4.03. The van der Waals surface area contributed by atoms with Gasteiger partial charge in [0.2, 0.25) is 11.8 Å². The lowest BCUT2D eigenvalue weighted by Crippen LogP contribution is -2.56. The van der Waals surface area contributed by atoms with Gasteiger partial charge in [0.25, 0.3) is 0 Å². The Morgan fingerprint density at radius 2 is 1.55 bits per heavy atom. The average Bonchev–Trinajstić information content (AvgIpc) is 4.00. The second-order valence-corrected chi connectivity index (χ2v) is 17.7. The molecule has 4 amide bonds. The Labute approximate surface area is 358 Å². The minimum absolute atomic E-state index is 0.00945. The summed E-state index contributed by atoms with van der Waals surface area (Å²) in [6.07, 6.45) is 3.03. The Hall–Kier alpha value is -6.03. The molecule has 0 spiro atoms. The van der Waals surface area contributed by atoms with Crippen LogP contribution in [0, 0.1) is 29.5 Å². The zero-order valence-corrected chi connectivity index (χ0v) is 35.9. The first kappa shape index (κ1) is 41.3. The van der Waals surface area contributed by atoms with Crippen molar-refractivity contribution in [2.24, 2.45) is 23.7 Å². The van der Waals surface area contributed by atoms with Crippen LogP contribution in [0.15, 0.2) is 54.7 Å². The van der Waals surface area contributed by atoms with Crippen LogP contribution in [0.3, 0.4) is 0 Å². The highest BCUT2D eigenvalue weighted by molar-refractivity contribution is 6.05. The molecule has 2 saturated heterocycles. The molecule has 9 rings (SSSR count). The van der Waals surface area contributed by atoms with Gasteiger partial charge in [-0.25, -0.2) is 23.9 Å². The molecule has 4 unspecified atom stereocenters. The van der Waals surface area contributed by atoms with Gasteiger partial charge < -0.3 is 44.6 Å². The molecule has 2 aromatic heterocycles. The molecule has 2 aliphatic heterocycles. The van der Waals surface area contributed by atoms with Gasteiger partial charge in [-0.15, -0.1) is 0 Å². The minimum atomic E-state index is -0.955. The maximum atomic E-state index is 16.1. The number of likely N-dealkylation sites (tertiary alicyclic amines) is 2. The second-order valence-electron chi connectivity index (χ2n) is 17.7. The van der Waals surface area contributed by atoms with E-state index in [2.05, 4.69) is 32.5 Å². The first-order chi connectivity index (χ1) is 29.8. The van der Waals surface area contributed by atoms with Gasteiger partial charge in [0.05, 0.1) is 55.3 Å². The van der Waals surface area contributed by atoms with Crippen LogP contribution in [0.5, 0.6) is 0 Å². The van der Waals surface area contributed by atoms with Gasteiger partial charge in [-0.05, 0) is 97.1 Å². The molecule has 5 aromatic rings. The first-order valence-electron chi connectivity index (χ1n) is 21.4. The Bertz CT molecular complexity index is 2570. The Balaban J connectivity index is 0.952. The number of rotatable bonds is 11. The van der Waals surface area contributed by atoms with Crippen molar-refractivity contribution in [2.45, 2.75) is 95.7 Å². The van der Waals surface area contributed by atoms with Crippen molar-refractivity contribution in [2.75, 3.05) is 21.3 Å². The fourth-order valence-electron chi connectivity index (χ4n) is 10.5. The molecule has 4 N–H and O–H groups in total. The standard InChI is InChI=1S/C46H53FN8O7/c1-21(2)36(52-45(58)61-6)43(56)55-35(19-31-22(3)39(31)55)41-49-33-15-11-26-16-24(9-13-29(26)38(33)51-41)25-10-14-30(32(47)18-25)34-20-48-42(50-34)40-27-8-12-28(17-27)54(40)44(57)37(23(4)60-5)53-46(59)62-7/h9-11,13-16,18,20-23,27-28,31,35-37,39-40H,8,12,17,19H2,1-7H3,(H,48,50)(H,49,51)(H,52,58)(H,53,59)/t22?,23-,27+,28-,31?,35+,36+,37?,39?,40+/m1/s1. The van der Waals surface area contributed by atoms with Gasteiger partial charge in [0.1, 0.15) is 29.5 Å². The predicted molar refractivity (Wildman–Crippen MR) is 228 cm³/mol. The minimum Gasteiger partial charge on any atom is -0.453 e. The number of aromatic nitrogens is 4. The number of nitrogens with one attached hydrogen (secondary N) is 4. The van der Waals surface area contributed by atoms with Crippen LogP contribution in [0.25, 0.3) is 44.2 Å². The van der Waals surface area contributed by atoms with Crippen LogP contribution in [0.4, 0.5) is 14.0 Å². The molecule has 15 nitrogen and oxygen atoms in total. The lowest BCUT2D eigenvalue weighted by atomic mass is 9.96. The van der Waals surface area contributed by atoms with Crippen molar-refractivity contribution in [3.63, 3.8) is 0 Å². The molecular formula is C46H53FN8O7. The molecule has 4 fully saturated rings. The molecular weight excluding hydrogens is 796 g/mol. The van der Waals surface area contributed by atoms with Gasteiger partial charge in [-0.1, -0.05) is 45.0 Å². The Morgan fingerprint density at radius 1 is 0.839 bits per heavy atom. The number of H-pyrrole nitrogens is 2. The van der Waals surface area contributed by atoms with Crippen molar-refractivity contribution in [3.05, 3.63) is 72.2 Å². The number of aromatic amines is 2. The smallest absolute Gasteiger partial charge is 0.407 e. The van der Waals surface area contributed by atoms with Crippen molar-refractivity contribution in [3.8, 4) is 22.4 Å². The number of fused-ring (bicyclic) bond motifs is 6. The van der Waals surface area contributed by atoms with Gasteiger partial charge in [0.15, 0.2) is 0 Å². The SMILES string of the molecule is COC(=O)NC(C(=O)N1[C@@H]2CC[C@@H](C2)[C@H]1c1ncc(-c2ccc(-c3ccc4c(ccc5[nH]c([C@@H]6CC7C(C)C7N6C(=O)[C@@H](NC(=O)OC)C(C)C)nc54)c3)cc2F)[nH]1)[C@@H](C)OC. The number of benzene rings is 3. The van der Waals surface area contributed by atoms with E-state index >= 15 is 4.39 Å². The van der Waals surface area contributed by atoms with Crippen LogP contribution >= 0.6 is 0 Å². The molecule has 10 atom stereocenters. The second kappa shape index (κ2) is 16.0. The Morgan fingerprint density at radius 3 is 2.26 bits per heavy atom. The molecule has 2 saturated carbocycles. The van der Waals surface area contributed by atoms with E-state index in [-0.39, 0.29) is 47.8 Å². The number of piperidine rings is 2. The molecule has 16 heteroatoms. The van der Waals surface area contributed by atoms with Crippen LogP contribution in [-0.4, -0.2) is 105 Å². The van der Waals surface area contributed by atoms with E-state index in [0.29, 0.717) is 40.3 Å². The summed E-state index contributed by atoms with van der Waals surface area (Å²) >= 11 is 0. The van der Waals surface area contributed by atoms with E-state index in [9.17, 15) is 19.2 Å². The number of hydrogen-bond donors (Lipinski definition) is 4. The summed E-state index contributed by atoms with van der Waals surface area (Å²) in [4.78, 5) is 72.8. The maximum absolute atomic E-state index is 16.1. The quantitative estimate of drug-likeness (QED) is 0.109. The topological polar surface area (TPSA) is 184 Å². The highest BCUT2D eigenvalue weighted by atomic mass is 19.1. The number of nitrogens with zero attached hydrogens (tertiary/aromatic N) is 4.